The Balaban J connectivity index is 1.27. The maximum Gasteiger partial charge on any atom is 0.253 e. The summed E-state index contributed by atoms with van der Waals surface area (Å²) in [6.07, 6.45) is 4.38. The van der Waals surface area contributed by atoms with Gasteiger partial charge >= 0.3 is 0 Å². The third-order valence-corrected chi connectivity index (χ3v) is 7.15. The van der Waals surface area contributed by atoms with Gasteiger partial charge in [0.15, 0.2) is 0 Å². The van der Waals surface area contributed by atoms with Crippen molar-refractivity contribution in [3.8, 4) is 22.4 Å². The van der Waals surface area contributed by atoms with E-state index >= 15 is 0 Å². The molecular formula is C28H27N3O. The average molecular weight is 422 g/mol. The van der Waals surface area contributed by atoms with Crippen molar-refractivity contribution < 1.29 is 4.79 Å². The number of nitrogens with one attached hydrogen (secondary N) is 1. The monoisotopic (exact) mass is 421 g/mol. The highest BCUT2D eigenvalue weighted by atomic mass is 16.1. The average Bonchev–Trinajstić information content (AvgIpc) is 3.30. The van der Waals surface area contributed by atoms with E-state index in [9.17, 15) is 4.79 Å². The third kappa shape index (κ3) is 3.51. The highest BCUT2D eigenvalue weighted by Gasteiger charge is 2.35. The van der Waals surface area contributed by atoms with Crippen LogP contribution in [0.2, 0.25) is 0 Å². The molecule has 1 atom stereocenters. The summed E-state index contributed by atoms with van der Waals surface area (Å²) in [5, 5.41) is 3.32. The highest BCUT2D eigenvalue weighted by molar-refractivity contribution is 5.96. The minimum Gasteiger partial charge on any atom is -0.348 e. The second-order valence-corrected chi connectivity index (χ2v) is 9.10. The number of carbonyl (C=O) groups is 1. The number of rotatable bonds is 4. The van der Waals surface area contributed by atoms with Gasteiger partial charge in [0.25, 0.3) is 5.91 Å². The van der Waals surface area contributed by atoms with Crippen LogP contribution in [0.5, 0.6) is 0 Å². The van der Waals surface area contributed by atoms with E-state index in [0.717, 1.165) is 28.9 Å². The quantitative estimate of drug-likeness (QED) is 0.498. The molecule has 4 heteroatoms. The number of benzene rings is 2. The van der Waals surface area contributed by atoms with Gasteiger partial charge in [-0.3, -0.25) is 4.79 Å². The summed E-state index contributed by atoms with van der Waals surface area (Å²) >= 11 is 0. The molecule has 4 nitrogen and oxygen atoms in total. The summed E-state index contributed by atoms with van der Waals surface area (Å²) in [6, 6.07) is 27.6. The van der Waals surface area contributed by atoms with Crippen molar-refractivity contribution in [1.29, 1.82) is 0 Å². The van der Waals surface area contributed by atoms with Gasteiger partial charge < -0.3 is 14.6 Å². The van der Waals surface area contributed by atoms with Crippen LogP contribution < -0.4 is 5.32 Å². The molecule has 2 aromatic heterocycles. The van der Waals surface area contributed by atoms with Crippen LogP contribution in [-0.2, 0) is 0 Å². The molecule has 3 fully saturated rings. The SMILES string of the molecule is O=C(N[C@H]1CN2CCC1CC2)c1cc2cccc(-c3ccc(-c4ccccc4)cc3)n2c1. The van der Waals surface area contributed by atoms with E-state index in [0.29, 0.717) is 5.92 Å². The Labute approximate surface area is 188 Å². The molecule has 32 heavy (non-hydrogen) atoms. The second-order valence-electron chi connectivity index (χ2n) is 9.10. The number of amides is 1. The lowest BCUT2D eigenvalue weighted by Gasteiger charge is -2.44. The lowest BCUT2D eigenvalue weighted by atomic mass is 9.84. The fourth-order valence-corrected chi connectivity index (χ4v) is 5.34. The number of aromatic nitrogens is 1. The summed E-state index contributed by atoms with van der Waals surface area (Å²) < 4.78 is 2.13. The van der Waals surface area contributed by atoms with E-state index in [1.807, 2.05) is 18.3 Å². The lowest BCUT2D eigenvalue weighted by Crippen LogP contribution is -2.57. The molecule has 3 aliphatic heterocycles. The second kappa shape index (κ2) is 7.95. The zero-order valence-electron chi connectivity index (χ0n) is 18.1. The minimum atomic E-state index is 0.0397. The van der Waals surface area contributed by atoms with Gasteiger partial charge in [0.05, 0.1) is 11.3 Å². The van der Waals surface area contributed by atoms with Crippen LogP contribution in [0, 0.1) is 5.92 Å². The molecule has 0 unspecified atom stereocenters. The van der Waals surface area contributed by atoms with Crippen LogP contribution in [0.3, 0.4) is 0 Å². The Kier molecular flexibility index (Phi) is 4.80. The molecule has 0 radical (unpaired) electrons. The summed E-state index contributed by atoms with van der Waals surface area (Å²) in [7, 11) is 0. The first-order valence-corrected chi connectivity index (χ1v) is 11.5. The van der Waals surface area contributed by atoms with E-state index in [1.54, 1.807) is 0 Å². The summed E-state index contributed by atoms with van der Waals surface area (Å²) in [4.78, 5) is 15.5. The van der Waals surface area contributed by atoms with Gasteiger partial charge in [-0.1, -0.05) is 60.7 Å². The number of pyridine rings is 1. The van der Waals surface area contributed by atoms with Crippen molar-refractivity contribution >= 4 is 11.4 Å². The fraction of sp³-hybridized carbons (Fsp3) is 0.250. The summed E-state index contributed by atoms with van der Waals surface area (Å²) in [6.45, 7) is 3.35. The van der Waals surface area contributed by atoms with Gasteiger partial charge in [-0.15, -0.1) is 0 Å². The highest BCUT2D eigenvalue weighted by Crippen LogP contribution is 2.29. The van der Waals surface area contributed by atoms with Crippen molar-refractivity contribution in [1.82, 2.24) is 14.6 Å². The van der Waals surface area contributed by atoms with Crippen LogP contribution >= 0.6 is 0 Å². The van der Waals surface area contributed by atoms with E-state index in [4.69, 9.17) is 0 Å². The van der Waals surface area contributed by atoms with Crippen molar-refractivity contribution in [2.24, 2.45) is 5.92 Å². The van der Waals surface area contributed by atoms with Crippen LogP contribution in [0.15, 0.2) is 85.1 Å². The van der Waals surface area contributed by atoms with Crippen LogP contribution in [0.25, 0.3) is 27.9 Å². The normalized spacial score (nSPS) is 22.2. The Hall–Kier alpha value is -3.37. The van der Waals surface area contributed by atoms with Gasteiger partial charge in [0, 0.05) is 24.3 Å². The van der Waals surface area contributed by atoms with Crippen molar-refractivity contribution in [3.63, 3.8) is 0 Å². The van der Waals surface area contributed by atoms with Crippen LogP contribution in [-0.4, -0.2) is 40.9 Å². The van der Waals surface area contributed by atoms with Crippen molar-refractivity contribution in [2.75, 3.05) is 19.6 Å². The number of carbonyl (C=O) groups excluding carboxylic acids is 1. The molecule has 160 valence electrons. The number of piperidine rings is 3. The van der Waals surface area contributed by atoms with Crippen LogP contribution in [0.4, 0.5) is 0 Å². The predicted molar refractivity (Wildman–Crippen MR) is 129 cm³/mol. The molecule has 2 aromatic carbocycles. The Morgan fingerprint density at radius 3 is 2.25 bits per heavy atom. The van der Waals surface area contributed by atoms with Crippen molar-refractivity contribution in [3.05, 3.63) is 90.6 Å². The maximum atomic E-state index is 13.1. The van der Waals surface area contributed by atoms with E-state index in [2.05, 4.69) is 81.3 Å². The topological polar surface area (TPSA) is 36.8 Å². The largest absolute Gasteiger partial charge is 0.348 e. The Bertz CT molecular complexity index is 1250. The number of nitrogens with zero attached hydrogens (tertiary/aromatic N) is 2. The number of hydrogen-bond acceptors (Lipinski definition) is 2. The fourth-order valence-electron chi connectivity index (χ4n) is 5.34. The first-order valence-electron chi connectivity index (χ1n) is 11.5. The number of hydrogen-bond donors (Lipinski definition) is 1. The molecular weight excluding hydrogens is 394 g/mol. The maximum absolute atomic E-state index is 13.1. The van der Waals surface area contributed by atoms with Gasteiger partial charge in [-0.25, -0.2) is 0 Å². The molecule has 3 aliphatic rings. The third-order valence-electron chi connectivity index (χ3n) is 7.15. The first-order chi connectivity index (χ1) is 15.7. The predicted octanol–water partition coefficient (Wildman–Crippen LogP) is 5.10. The van der Waals surface area contributed by atoms with E-state index < -0.39 is 0 Å². The smallest absolute Gasteiger partial charge is 0.253 e. The molecule has 4 aromatic rings. The molecule has 0 saturated carbocycles. The zero-order valence-corrected chi connectivity index (χ0v) is 18.1. The molecule has 1 N–H and O–H groups in total. The number of fused-ring (bicyclic) bond motifs is 4. The first kappa shape index (κ1) is 19.3. The summed E-state index contributed by atoms with van der Waals surface area (Å²) in [5.41, 5.74) is 6.40. The van der Waals surface area contributed by atoms with Gasteiger partial charge in [0.2, 0.25) is 0 Å². The van der Waals surface area contributed by atoms with E-state index in [-0.39, 0.29) is 11.9 Å². The molecule has 5 heterocycles. The lowest BCUT2D eigenvalue weighted by molar-refractivity contribution is 0.0620. The molecule has 0 aliphatic carbocycles. The van der Waals surface area contributed by atoms with Gasteiger partial charge in [0.1, 0.15) is 0 Å². The Morgan fingerprint density at radius 1 is 0.812 bits per heavy atom. The molecule has 1 amide bonds. The minimum absolute atomic E-state index is 0.0397. The zero-order chi connectivity index (χ0) is 21.5. The Morgan fingerprint density at radius 2 is 1.53 bits per heavy atom. The van der Waals surface area contributed by atoms with Crippen LogP contribution in [0.1, 0.15) is 23.2 Å². The summed E-state index contributed by atoms with van der Waals surface area (Å²) in [5.74, 6) is 0.664. The van der Waals surface area contributed by atoms with Gasteiger partial charge in [-0.05, 0) is 66.7 Å². The molecule has 7 rings (SSSR count). The molecule has 0 spiro atoms. The molecule has 2 bridgehead atoms. The van der Waals surface area contributed by atoms with E-state index in [1.165, 1.54) is 37.1 Å². The van der Waals surface area contributed by atoms with Gasteiger partial charge in [-0.2, -0.15) is 0 Å². The molecule has 3 saturated heterocycles. The standard InChI is InChI=1S/C28H27N3O/c32-28(29-26-19-30-15-13-22(26)14-16-30)24-17-25-7-4-8-27(31(25)18-24)23-11-9-21(10-12-23)20-5-2-1-3-6-20/h1-12,17-18,22,26H,13-16,19H2,(H,29,32)/t26-/m0/s1. The van der Waals surface area contributed by atoms with Crippen molar-refractivity contribution in [2.45, 2.75) is 18.9 Å².